The van der Waals surface area contributed by atoms with Gasteiger partial charge in [-0.1, -0.05) is 13.0 Å². The number of hydrogen-bond acceptors (Lipinski definition) is 4. The summed E-state index contributed by atoms with van der Waals surface area (Å²) in [5.74, 6) is 0.230. The third kappa shape index (κ3) is 4.00. The number of rotatable bonds is 3. The number of benzene rings is 1. The predicted molar refractivity (Wildman–Crippen MR) is 89.1 cm³/mol. The van der Waals surface area contributed by atoms with E-state index in [9.17, 15) is 13.2 Å². The largest absolute Gasteiger partial charge is 0.334 e. The maximum absolute atomic E-state index is 12.7. The first-order chi connectivity index (χ1) is 9.84. The minimum atomic E-state index is -3.31. The summed E-state index contributed by atoms with van der Waals surface area (Å²) in [5, 5.41) is 0. The third-order valence-corrected chi connectivity index (χ3v) is 5.24. The van der Waals surface area contributed by atoms with Gasteiger partial charge in [0, 0.05) is 31.0 Å². The Kier molecular flexibility index (Phi) is 6.40. The lowest BCUT2D eigenvalue weighted by Crippen LogP contribution is -2.51. The predicted octanol–water partition coefficient (Wildman–Crippen LogP) is 1.71. The molecule has 0 saturated carbocycles. The Balaban J connectivity index is 0.00000242. The smallest absolute Gasteiger partial charge is 0.254 e. The summed E-state index contributed by atoms with van der Waals surface area (Å²) in [6.45, 7) is 3.21. The summed E-state index contributed by atoms with van der Waals surface area (Å²) in [7, 11) is -3.31. The molecular formula is C15H23ClN2O3S. The number of sulfone groups is 1. The van der Waals surface area contributed by atoms with Crippen molar-refractivity contribution in [3.8, 4) is 0 Å². The first-order valence-electron chi connectivity index (χ1n) is 7.15. The Morgan fingerprint density at radius 2 is 2.09 bits per heavy atom. The van der Waals surface area contributed by atoms with Crippen LogP contribution in [-0.2, 0) is 9.84 Å². The van der Waals surface area contributed by atoms with Crippen LogP contribution in [0.1, 0.15) is 30.1 Å². The zero-order valence-corrected chi connectivity index (χ0v) is 14.5. The van der Waals surface area contributed by atoms with E-state index in [0.29, 0.717) is 24.6 Å². The highest BCUT2D eigenvalue weighted by Gasteiger charge is 2.31. The molecule has 0 spiro atoms. The molecule has 0 aromatic heterocycles. The fourth-order valence-electron chi connectivity index (χ4n) is 2.89. The van der Waals surface area contributed by atoms with Crippen molar-refractivity contribution in [2.24, 2.45) is 11.7 Å². The molecule has 1 saturated heterocycles. The van der Waals surface area contributed by atoms with Crippen molar-refractivity contribution < 1.29 is 13.2 Å². The van der Waals surface area contributed by atoms with Crippen molar-refractivity contribution in [3.05, 3.63) is 29.8 Å². The van der Waals surface area contributed by atoms with E-state index in [1.165, 1.54) is 12.1 Å². The second-order valence-corrected chi connectivity index (χ2v) is 7.74. The summed E-state index contributed by atoms with van der Waals surface area (Å²) in [5.41, 5.74) is 6.22. The number of hydrogen-bond donors (Lipinski definition) is 1. The Bertz CT molecular complexity index is 633. The zero-order valence-electron chi connectivity index (χ0n) is 12.9. The highest BCUT2D eigenvalue weighted by Crippen LogP contribution is 2.25. The first kappa shape index (κ1) is 18.9. The molecule has 1 aliphatic rings. The van der Waals surface area contributed by atoms with Crippen molar-refractivity contribution in [2.45, 2.75) is 30.7 Å². The van der Waals surface area contributed by atoms with Gasteiger partial charge in [0.05, 0.1) is 4.90 Å². The first-order valence-corrected chi connectivity index (χ1v) is 9.05. The van der Waals surface area contributed by atoms with Crippen molar-refractivity contribution >= 4 is 28.2 Å². The lowest BCUT2D eigenvalue weighted by Gasteiger charge is -2.39. The van der Waals surface area contributed by atoms with Crippen LogP contribution in [0.5, 0.6) is 0 Å². The van der Waals surface area contributed by atoms with Crippen molar-refractivity contribution in [1.82, 2.24) is 4.90 Å². The number of carbonyl (C=O) groups excluding carboxylic acids is 1. The molecule has 1 fully saturated rings. The molecule has 0 aliphatic carbocycles. The Morgan fingerprint density at radius 3 is 2.68 bits per heavy atom. The van der Waals surface area contributed by atoms with Gasteiger partial charge in [0.25, 0.3) is 5.91 Å². The van der Waals surface area contributed by atoms with Crippen LogP contribution in [0.3, 0.4) is 0 Å². The van der Waals surface area contributed by atoms with Crippen LogP contribution in [-0.4, -0.2) is 44.6 Å². The van der Waals surface area contributed by atoms with Crippen LogP contribution in [0.2, 0.25) is 0 Å². The number of likely N-dealkylation sites (tertiary alicyclic amines) is 1. The molecule has 1 aliphatic heterocycles. The van der Waals surface area contributed by atoms with Gasteiger partial charge in [0.2, 0.25) is 0 Å². The van der Waals surface area contributed by atoms with Gasteiger partial charge >= 0.3 is 0 Å². The average molecular weight is 347 g/mol. The molecule has 2 rings (SSSR count). The van der Waals surface area contributed by atoms with Gasteiger partial charge in [-0.25, -0.2) is 8.42 Å². The third-order valence-electron chi connectivity index (χ3n) is 4.13. The molecule has 124 valence electrons. The topological polar surface area (TPSA) is 80.5 Å². The van der Waals surface area contributed by atoms with E-state index < -0.39 is 9.84 Å². The summed E-state index contributed by atoms with van der Waals surface area (Å²) in [4.78, 5) is 14.6. The minimum Gasteiger partial charge on any atom is -0.334 e. The molecule has 2 atom stereocenters. The quantitative estimate of drug-likeness (QED) is 0.903. The average Bonchev–Trinajstić information content (AvgIpc) is 2.45. The van der Waals surface area contributed by atoms with Crippen LogP contribution in [0, 0.1) is 5.92 Å². The minimum absolute atomic E-state index is 0. The van der Waals surface area contributed by atoms with Gasteiger partial charge in [-0.05, 0) is 37.0 Å². The fraction of sp³-hybridized carbons (Fsp3) is 0.533. The van der Waals surface area contributed by atoms with E-state index >= 15 is 0 Å². The number of piperidine rings is 1. The van der Waals surface area contributed by atoms with Crippen molar-refractivity contribution in [1.29, 1.82) is 0 Å². The highest BCUT2D eigenvalue weighted by molar-refractivity contribution is 7.90. The van der Waals surface area contributed by atoms with E-state index in [4.69, 9.17) is 5.73 Å². The number of carbonyl (C=O) groups is 1. The fourth-order valence-corrected chi connectivity index (χ4v) is 3.55. The van der Waals surface area contributed by atoms with Crippen molar-refractivity contribution in [3.63, 3.8) is 0 Å². The van der Waals surface area contributed by atoms with E-state index in [-0.39, 0.29) is 29.3 Å². The lowest BCUT2D eigenvalue weighted by atomic mass is 9.90. The van der Waals surface area contributed by atoms with E-state index in [2.05, 4.69) is 6.92 Å². The SMILES string of the molecule is CC1CCCN(C(=O)c2cccc(S(C)(=O)=O)c2)C1CN.Cl. The summed E-state index contributed by atoms with van der Waals surface area (Å²) in [6, 6.07) is 6.24. The molecular weight excluding hydrogens is 324 g/mol. The van der Waals surface area contributed by atoms with E-state index in [0.717, 1.165) is 19.1 Å². The Labute approximate surface area is 138 Å². The zero-order chi connectivity index (χ0) is 15.6. The Morgan fingerprint density at radius 1 is 1.41 bits per heavy atom. The lowest BCUT2D eigenvalue weighted by molar-refractivity contribution is 0.0532. The highest BCUT2D eigenvalue weighted by atomic mass is 35.5. The molecule has 1 heterocycles. The van der Waals surface area contributed by atoms with Gasteiger partial charge in [-0.2, -0.15) is 0 Å². The number of nitrogens with two attached hydrogens (primary N) is 1. The van der Waals surface area contributed by atoms with Crippen LogP contribution >= 0.6 is 12.4 Å². The van der Waals surface area contributed by atoms with Gasteiger partial charge in [-0.3, -0.25) is 4.79 Å². The molecule has 7 heteroatoms. The molecule has 1 aromatic carbocycles. The molecule has 5 nitrogen and oxygen atoms in total. The molecule has 0 radical (unpaired) electrons. The molecule has 1 amide bonds. The maximum atomic E-state index is 12.7. The monoisotopic (exact) mass is 346 g/mol. The molecule has 1 aromatic rings. The summed E-state index contributed by atoms with van der Waals surface area (Å²) >= 11 is 0. The van der Waals surface area contributed by atoms with Gasteiger partial charge in [0.1, 0.15) is 0 Å². The molecule has 22 heavy (non-hydrogen) atoms. The number of halogens is 1. The van der Waals surface area contributed by atoms with Gasteiger partial charge in [-0.15, -0.1) is 12.4 Å². The normalized spacial score (nSPS) is 22.0. The van der Waals surface area contributed by atoms with E-state index in [1.807, 2.05) is 0 Å². The summed E-state index contributed by atoms with van der Waals surface area (Å²) < 4.78 is 23.2. The maximum Gasteiger partial charge on any atom is 0.254 e. The van der Waals surface area contributed by atoms with Crippen LogP contribution in [0.4, 0.5) is 0 Å². The van der Waals surface area contributed by atoms with Crippen molar-refractivity contribution in [2.75, 3.05) is 19.3 Å². The van der Waals surface area contributed by atoms with Gasteiger partial charge < -0.3 is 10.6 Å². The van der Waals surface area contributed by atoms with E-state index in [1.54, 1.807) is 17.0 Å². The van der Waals surface area contributed by atoms with Crippen LogP contribution in [0.15, 0.2) is 29.2 Å². The summed E-state index contributed by atoms with van der Waals surface area (Å²) in [6.07, 6.45) is 3.16. The molecule has 2 unspecified atom stereocenters. The van der Waals surface area contributed by atoms with Crippen LogP contribution < -0.4 is 5.73 Å². The molecule has 0 bridgehead atoms. The second-order valence-electron chi connectivity index (χ2n) is 5.72. The Hall–Kier alpha value is -1.11. The molecule has 2 N–H and O–H groups in total. The second kappa shape index (κ2) is 7.44. The number of amides is 1. The number of nitrogens with zero attached hydrogens (tertiary/aromatic N) is 1. The van der Waals surface area contributed by atoms with Crippen LogP contribution in [0.25, 0.3) is 0 Å². The van der Waals surface area contributed by atoms with Gasteiger partial charge in [0.15, 0.2) is 9.84 Å². The standard InChI is InChI=1S/C15H22N2O3S.ClH/c1-11-5-4-8-17(14(11)10-16)15(18)12-6-3-7-13(9-12)21(2,19)20;/h3,6-7,9,11,14H,4-5,8,10,16H2,1-2H3;1H.